The number of carbonyl (C=O) groups excluding carboxylic acids is 1. The standard InChI is InChI=1S/C20H20N2O2S2/c1-3-22(15-8-6-7-14(2)11-15)17(12-24-19(23)13-25)20-21-16-9-4-5-10-18(16)26-20/h4-11,13,17H,3,12H2,1-2H3. The van der Waals surface area contributed by atoms with E-state index in [-0.39, 0.29) is 12.6 Å². The zero-order valence-corrected chi connectivity index (χ0v) is 16.3. The third-order valence-corrected chi connectivity index (χ3v) is 5.46. The van der Waals surface area contributed by atoms with Crippen molar-refractivity contribution in [1.29, 1.82) is 0 Å². The molecule has 0 aliphatic rings. The smallest absolute Gasteiger partial charge is 0.341 e. The number of aryl methyl sites for hydroxylation is 1. The van der Waals surface area contributed by atoms with Gasteiger partial charge in [-0.2, -0.15) is 0 Å². The molecule has 26 heavy (non-hydrogen) atoms. The van der Waals surface area contributed by atoms with Crippen molar-refractivity contribution in [2.45, 2.75) is 19.9 Å². The second-order valence-electron chi connectivity index (χ2n) is 5.91. The number of carbonyl (C=O) groups is 1. The van der Waals surface area contributed by atoms with E-state index in [9.17, 15) is 4.79 Å². The largest absolute Gasteiger partial charge is 0.459 e. The first-order valence-electron chi connectivity index (χ1n) is 8.43. The van der Waals surface area contributed by atoms with E-state index in [0.29, 0.717) is 0 Å². The van der Waals surface area contributed by atoms with Gasteiger partial charge in [0.05, 0.1) is 15.6 Å². The number of thiazole rings is 1. The number of ether oxygens (including phenoxy) is 1. The third-order valence-electron chi connectivity index (χ3n) is 4.13. The number of thiocarbonyl (C=S) groups is 1. The zero-order chi connectivity index (χ0) is 18.5. The molecule has 1 atom stereocenters. The molecule has 134 valence electrons. The van der Waals surface area contributed by atoms with Gasteiger partial charge in [0.25, 0.3) is 0 Å². The van der Waals surface area contributed by atoms with Gasteiger partial charge in [-0.15, -0.1) is 11.3 Å². The number of esters is 1. The molecule has 0 bridgehead atoms. The summed E-state index contributed by atoms with van der Waals surface area (Å²) in [5, 5.41) is 1.95. The Bertz CT molecular complexity index is 890. The van der Waals surface area contributed by atoms with Gasteiger partial charge in [0, 0.05) is 12.2 Å². The molecule has 0 spiro atoms. The molecular formula is C20H20N2O2S2. The molecule has 0 aliphatic heterocycles. The van der Waals surface area contributed by atoms with Gasteiger partial charge in [-0.1, -0.05) is 36.5 Å². The first-order valence-corrected chi connectivity index (χ1v) is 9.72. The lowest BCUT2D eigenvalue weighted by atomic mass is 10.1. The Balaban J connectivity index is 2.00. The van der Waals surface area contributed by atoms with Gasteiger partial charge in [-0.3, -0.25) is 0 Å². The van der Waals surface area contributed by atoms with E-state index >= 15 is 0 Å². The van der Waals surface area contributed by atoms with Crippen LogP contribution in [-0.2, 0) is 9.53 Å². The predicted octanol–water partition coefficient (Wildman–Crippen LogP) is 4.72. The molecule has 3 rings (SSSR count). The Morgan fingerprint density at radius 3 is 2.81 bits per heavy atom. The maximum atomic E-state index is 11.6. The van der Waals surface area contributed by atoms with Crippen molar-refractivity contribution in [3.63, 3.8) is 0 Å². The molecular weight excluding hydrogens is 364 g/mol. The van der Waals surface area contributed by atoms with E-state index < -0.39 is 5.97 Å². The fourth-order valence-corrected chi connectivity index (χ4v) is 4.05. The molecule has 6 heteroatoms. The molecule has 0 amide bonds. The van der Waals surface area contributed by atoms with E-state index in [1.165, 1.54) is 5.56 Å². The first kappa shape index (κ1) is 18.5. The SMILES string of the molecule is CCN(c1cccc(C)c1)C(COC(=O)C=S)c1nc2ccccc2s1. The lowest BCUT2D eigenvalue weighted by Crippen LogP contribution is -2.32. The van der Waals surface area contributed by atoms with Crippen molar-refractivity contribution < 1.29 is 9.53 Å². The molecule has 0 radical (unpaired) electrons. The normalized spacial score (nSPS) is 11.9. The maximum Gasteiger partial charge on any atom is 0.341 e. The summed E-state index contributed by atoms with van der Waals surface area (Å²) >= 11 is 6.30. The Kier molecular flexibility index (Phi) is 5.96. The minimum atomic E-state index is -0.494. The second-order valence-corrected chi connectivity index (χ2v) is 7.21. The number of anilines is 1. The average molecular weight is 385 g/mol. The van der Waals surface area contributed by atoms with Crippen LogP contribution in [0.15, 0.2) is 48.5 Å². The Morgan fingerprint density at radius 2 is 2.12 bits per heavy atom. The topological polar surface area (TPSA) is 42.4 Å². The van der Waals surface area contributed by atoms with Crippen LogP contribution in [0.2, 0.25) is 0 Å². The van der Waals surface area contributed by atoms with E-state index in [0.717, 1.165) is 32.8 Å². The lowest BCUT2D eigenvalue weighted by Gasteiger charge is -2.31. The molecule has 0 fully saturated rings. The van der Waals surface area contributed by atoms with Gasteiger partial charge in [0.15, 0.2) is 0 Å². The van der Waals surface area contributed by atoms with Crippen LogP contribution < -0.4 is 4.90 Å². The number of para-hydroxylation sites is 1. The molecule has 0 aliphatic carbocycles. The van der Waals surface area contributed by atoms with Crippen molar-refractivity contribution in [2.24, 2.45) is 0 Å². The quantitative estimate of drug-likeness (QED) is 0.436. The van der Waals surface area contributed by atoms with Crippen LogP contribution in [0.3, 0.4) is 0 Å². The van der Waals surface area contributed by atoms with Crippen molar-refractivity contribution >= 4 is 50.8 Å². The molecule has 0 saturated carbocycles. The number of aromatic nitrogens is 1. The van der Waals surface area contributed by atoms with Gasteiger partial charge >= 0.3 is 5.97 Å². The van der Waals surface area contributed by atoms with Crippen LogP contribution >= 0.6 is 23.6 Å². The number of likely N-dealkylation sites (N-methyl/N-ethyl adjacent to an activating group) is 1. The monoisotopic (exact) mass is 384 g/mol. The second kappa shape index (κ2) is 8.38. The highest BCUT2D eigenvalue weighted by Gasteiger charge is 2.25. The minimum absolute atomic E-state index is 0.168. The van der Waals surface area contributed by atoms with Crippen molar-refractivity contribution in [3.8, 4) is 0 Å². The van der Waals surface area contributed by atoms with Gasteiger partial charge in [0.1, 0.15) is 17.7 Å². The van der Waals surface area contributed by atoms with Crippen LogP contribution in [0.25, 0.3) is 10.2 Å². The maximum absolute atomic E-state index is 11.6. The number of hydrogen-bond acceptors (Lipinski definition) is 6. The first-order chi connectivity index (χ1) is 12.6. The molecule has 0 N–H and O–H groups in total. The molecule has 1 unspecified atom stereocenters. The van der Waals surface area contributed by atoms with Crippen molar-refractivity contribution in [1.82, 2.24) is 4.98 Å². The molecule has 4 nitrogen and oxygen atoms in total. The van der Waals surface area contributed by atoms with E-state index in [1.807, 2.05) is 24.3 Å². The van der Waals surface area contributed by atoms with Crippen LogP contribution in [0.1, 0.15) is 23.5 Å². The molecule has 1 heterocycles. The predicted molar refractivity (Wildman–Crippen MR) is 111 cm³/mol. The summed E-state index contributed by atoms with van der Waals surface area (Å²) in [7, 11) is 0. The average Bonchev–Trinajstić information content (AvgIpc) is 3.08. The van der Waals surface area contributed by atoms with Gasteiger partial charge in [-0.05, 0) is 43.7 Å². The fraction of sp³-hybridized carbons (Fsp3) is 0.250. The third kappa shape index (κ3) is 4.08. The number of fused-ring (bicyclic) bond motifs is 1. The lowest BCUT2D eigenvalue weighted by molar-refractivity contribution is -0.135. The van der Waals surface area contributed by atoms with E-state index in [2.05, 4.69) is 55.2 Å². The number of hydrogen-bond donors (Lipinski definition) is 0. The fourth-order valence-electron chi connectivity index (χ4n) is 2.91. The van der Waals surface area contributed by atoms with Crippen LogP contribution in [0.5, 0.6) is 0 Å². The summed E-state index contributed by atoms with van der Waals surface area (Å²) < 4.78 is 6.48. The Morgan fingerprint density at radius 1 is 1.31 bits per heavy atom. The van der Waals surface area contributed by atoms with E-state index in [1.54, 1.807) is 11.3 Å². The van der Waals surface area contributed by atoms with Crippen molar-refractivity contribution in [2.75, 3.05) is 18.1 Å². The highest BCUT2D eigenvalue weighted by molar-refractivity contribution is 7.80. The van der Waals surface area contributed by atoms with Gasteiger partial charge in [-0.25, -0.2) is 9.78 Å². The highest BCUT2D eigenvalue weighted by Crippen LogP contribution is 2.33. The molecule has 2 aromatic carbocycles. The van der Waals surface area contributed by atoms with E-state index in [4.69, 9.17) is 9.72 Å². The number of nitrogens with zero attached hydrogens (tertiary/aromatic N) is 2. The van der Waals surface area contributed by atoms with Gasteiger partial charge in [0.2, 0.25) is 0 Å². The highest BCUT2D eigenvalue weighted by atomic mass is 32.1. The summed E-state index contributed by atoms with van der Waals surface area (Å²) in [4.78, 5) is 18.6. The van der Waals surface area contributed by atoms with Crippen LogP contribution in [-0.4, -0.2) is 29.5 Å². The molecule has 0 saturated heterocycles. The molecule has 1 aromatic heterocycles. The van der Waals surface area contributed by atoms with Gasteiger partial charge < -0.3 is 9.64 Å². The number of benzene rings is 2. The van der Waals surface area contributed by atoms with Crippen molar-refractivity contribution in [3.05, 3.63) is 59.1 Å². The zero-order valence-electron chi connectivity index (χ0n) is 14.7. The summed E-state index contributed by atoms with van der Waals surface area (Å²) in [6.07, 6.45) is 0. The summed E-state index contributed by atoms with van der Waals surface area (Å²) in [5.74, 6) is -0.494. The minimum Gasteiger partial charge on any atom is -0.459 e. The summed E-state index contributed by atoms with van der Waals surface area (Å²) in [5.41, 5.74) is 3.22. The summed E-state index contributed by atoms with van der Waals surface area (Å²) in [6.45, 7) is 5.12. The Labute approximate surface area is 162 Å². The number of rotatable bonds is 7. The molecule has 3 aromatic rings. The van der Waals surface area contributed by atoms with Crippen LogP contribution in [0, 0.1) is 6.92 Å². The van der Waals surface area contributed by atoms with Crippen LogP contribution in [0.4, 0.5) is 5.69 Å². The Hall–Kier alpha value is -2.31. The summed E-state index contributed by atoms with van der Waals surface area (Å²) in [6, 6.07) is 16.2.